The van der Waals surface area contributed by atoms with Crippen LogP contribution < -0.4 is 10.1 Å². The second-order valence-corrected chi connectivity index (χ2v) is 7.74. The third kappa shape index (κ3) is 5.49. The van der Waals surface area contributed by atoms with Crippen LogP contribution in [0.25, 0.3) is 11.1 Å². The Bertz CT molecular complexity index is 963. The number of carbonyl (C=O) groups excluding carboxylic acids is 1. The number of hydrogen-bond donors (Lipinski definition) is 1. The molecule has 1 amide bonds. The number of carbonyl (C=O) groups is 1. The highest BCUT2D eigenvalue weighted by molar-refractivity contribution is 5.95. The molecule has 0 spiro atoms. The minimum absolute atomic E-state index is 0.0493. The molecule has 0 bridgehead atoms. The van der Waals surface area contributed by atoms with Gasteiger partial charge in [0, 0.05) is 18.2 Å². The van der Waals surface area contributed by atoms with Gasteiger partial charge in [0.25, 0.3) is 5.91 Å². The first-order chi connectivity index (χ1) is 14.5. The van der Waals surface area contributed by atoms with E-state index in [-0.39, 0.29) is 11.9 Å². The van der Waals surface area contributed by atoms with Gasteiger partial charge in [-0.15, -0.1) is 0 Å². The topological polar surface area (TPSA) is 41.6 Å². The lowest BCUT2D eigenvalue weighted by Gasteiger charge is -2.25. The summed E-state index contributed by atoms with van der Waals surface area (Å²) in [6.07, 6.45) is 0.847. The molecule has 30 heavy (non-hydrogen) atoms. The van der Waals surface area contributed by atoms with Crippen LogP contribution in [0.3, 0.4) is 0 Å². The molecule has 0 saturated carbocycles. The van der Waals surface area contributed by atoms with Crippen LogP contribution in [0.15, 0.2) is 72.8 Å². The Balaban J connectivity index is 1.63. The molecule has 1 N–H and O–H groups in total. The van der Waals surface area contributed by atoms with Crippen molar-refractivity contribution in [2.45, 2.75) is 19.4 Å². The lowest BCUT2D eigenvalue weighted by molar-refractivity contribution is 0.0949. The Kier molecular flexibility index (Phi) is 7.26. The van der Waals surface area contributed by atoms with Gasteiger partial charge in [0.15, 0.2) is 0 Å². The number of nitrogens with zero attached hydrogens (tertiary/aromatic N) is 1. The fourth-order valence-electron chi connectivity index (χ4n) is 3.56. The van der Waals surface area contributed by atoms with Crippen molar-refractivity contribution < 1.29 is 9.53 Å². The maximum Gasteiger partial charge on any atom is 0.251 e. The van der Waals surface area contributed by atoms with Crippen molar-refractivity contribution in [1.82, 2.24) is 10.2 Å². The Hall–Kier alpha value is -3.11. The summed E-state index contributed by atoms with van der Waals surface area (Å²) in [5.74, 6) is 0.767. The molecule has 0 aliphatic rings. The van der Waals surface area contributed by atoms with Gasteiger partial charge in [-0.2, -0.15) is 0 Å². The van der Waals surface area contributed by atoms with Gasteiger partial charge in [0.1, 0.15) is 5.75 Å². The lowest BCUT2D eigenvalue weighted by atomic mass is 10.0. The minimum Gasteiger partial charge on any atom is -0.497 e. The van der Waals surface area contributed by atoms with Crippen LogP contribution in [0.5, 0.6) is 5.75 Å². The van der Waals surface area contributed by atoms with E-state index in [1.807, 2.05) is 48.5 Å². The number of rotatable bonds is 8. The molecule has 0 aliphatic heterocycles. The van der Waals surface area contributed by atoms with Crippen LogP contribution in [0, 0.1) is 6.92 Å². The maximum atomic E-state index is 12.7. The van der Waals surface area contributed by atoms with Gasteiger partial charge >= 0.3 is 0 Å². The van der Waals surface area contributed by atoms with E-state index in [4.69, 9.17) is 4.74 Å². The predicted octanol–water partition coefficient (Wildman–Crippen LogP) is 5.09. The number of ether oxygens (including phenoxy) is 1. The van der Waals surface area contributed by atoms with Crippen LogP contribution >= 0.6 is 0 Å². The predicted molar refractivity (Wildman–Crippen MR) is 123 cm³/mol. The van der Waals surface area contributed by atoms with Gasteiger partial charge < -0.3 is 15.0 Å². The molecule has 4 heteroatoms. The fourth-order valence-corrected chi connectivity index (χ4v) is 3.56. The van der Waals surface area contributed by atoms with E-state index in [0.29, 0.717) is 12.1 Å². The highest BCUT2D eigenvalue weighted by atomic mass is 16.5. The van der Waals surface area contributed by atoms with Crippen molar-refractivity contribution in [1.29, 1.82) is 0 Å². The van der Waals surface area contributed by atoms with Gasteiger partial charge in [-0.3, -0.25) is 4.79 Å². The molecule has 0 heterocycles. The monoisotopic (exact) mass is 402 g/mol. The Morgan fingerprint density at radius 2 is 1.67 bits per heavy atom. The third-order valence-electron chi connectivity index (χ3n) is 5.34. The molecule has 0 aliphatic carbocycles. The summed E-state index contributed by atoms with van der Waals surface area (Å²) in [4.78, 5) is 14.9. The Morgan fingerprint density at radius 1 is 0.967 bits per heavy atom. The molecule has 0 fully saturated rings. The van der Waals surface area contributed by atoms with E-state index in [2.05, 4.69) is 55.5 Å². The highest BCUT2D eigenvalue weighted by Crippen LogP contribution is 2.24. The van der Waals surface area contributed by atoms with E-state index in [9.17, 15) is 4.79 Å². The van der Waals surface area contributed by atoms with Crippen molar-refractivity contribution in [2.24, 2.45) is 0 Å². The standard InChI is InChI=1S/C26H30N2O2/c1-19-8-10-21(11-9-19)25(28(2)3)16-17-27-26(29)23-7-5-6-22(18-23)20-12-14-24(30-4)15-13-20/h5-15,18,25H,16-17H2,1-4H3,(H,27,29). The fraction of sp³-hybridized carbons (Fsp3) is 0.269. The highest BCUT2D eigenvalue weighted by Gasteiger charge is 2.15. The summed E-state index contributed by atoms with van der Waals surface area (Å²) in [5.41, 5.74) is 5.25. The second-order valence-electron chi connectivity index (χ2n) is 7.74. The zero-order valence-corrected chi connectivity index (χ0v) is 18.2. The molecule has 0 radical (unpaired) electrons. The maximum absolute atomic E-state index is 12.7. The summed E-state index contributed by atoms with van der Waals surface area (Å²) >= 11 is 0. The van der Waals surface area contributed by atoms with Crippen molar-refractivity contribution in [2.75, 3.05) is 27.7 Å². The zero-order chi connectivity index (χ0) is 21.5. The number of amides is 1. The summed E-state index contributed by atoms with van der Waals surface area (Å²) in [5, 5.41) is 3.08. The third-order valence-corrected chi connectivity index (χ3v) is 5.34. The molecular formula is C26H30N2O2. The van der Waals surface area contributed by atoms with Gasteiger partial charge in [0.05, 0.1) is 7.11 Å². The van der Waals surface area contributed by atoms with Crippen molar-refractivity contribution in [3.63, 3.8) is 0 Å². The molecular weight excluding hydrogens is 372 g/mol. The average molecular weight is 403 g/mol. The van der Waals surface area contributed by atoms with Gasteiger partial charge in [-0.1, -0.05) is 54.1 Å². The van der Waals surface area contributed by atoms with Crippen LogP contribution in [0.1, 0.15) is 33.9 Å². The molecule has 3 aromatic carbocycles. The first-order valence-electron chi connectivity index (χ1n) is 10.2. The van der Waals surface area contributed by atoms with Crippen LogP contribution in [-0.4, -0.2) is 38.6 Å². The second kappa shape index (κ2) is 10.1. The van der Waals surface area contributed by atoms with E-state index < -0.39 is 0 Å². The van der Waals surface area contributed by atoms with Crippen molar-refractivity contribution in [3.8, 4) is 16.9 Å². The van der Waals surface area contributed by atoms with Gasteiger partial charge in [-0.25, -0.2) is 0 Å². The molecule has 1 unspecified atom stereocenters. The summed E-state index contributed by atoms with van der Waals surface area (Å²) in [6, 6.07) is 24.4. The van der Waals surface area contributed by atoms with Crippen molar-refractivity contribution >= 4 is 5.91 Å². The van der Waals surface area contributed by atoms with Gasteiger partial charge in [-0.05, 0) is 68.4 Å². The van der Waals surface area contributed by atoms with Crippen LogP contribution in [0.4, 0.5) is 0 Å². The summed E-state index contributed by atoms with van der Waals surface area (Å²) in [7, 11) is 5.80. The molecule has 156 valence electrons. The quantitative estimate of drug-likeness (QED) is 0.570. The van der Waals surface area contributed by atoms with Crippen LogP contribution in [0.2, 0.25) is 0 Å². The largest absolute Gasteiger partial charge is 0.497 e. The molecule has 0 saturated heterocycles. The molecule has 3 aromatic rings. The van der Waals surface area contributed by atoms with Gasteiger partial charge in [0.2, 0.25) is 0 Å². The molecule has 3 rings (SSSR count). The average Bonchev–Trinajstić information content (AvgIpc) is 2.77. The number of nitrogens with one attached hydrogen (secondary N) is 1. The number of methoxy groups -OCH3 is 1. The van der Waals surface area contributed by atoms with Crippen molar-refractivity contribution in [3.05, 3.63) is 89.5 Å². The van der Waals surface area contributed by atoms with Crippen LogP contribution in [-0.2, 0) is 0 Å². The molecule has 0 aromatic heterocycles. The molecule has 1 atom stereocenters. The number of aryl methyl sites for hydroxylation is 1. The number of benzene rings is 3. The lowest BCUT2D eigenvalue weighted by Crippen LogP contribution is -2.29. The SMILES string of the molecule is COc1ccc(-c2cccc(C(=O)NCCC(c3ccc(C)cc3)N(C)C)c2)cc1. The minimum atomic E-state index is -0.0493. The van der Waals surface area contributed by atoms with E-state index in [0.717, 1.165) is 23.3 Å². The summed E-state index contributed by atoms with van der Waals surface area (Å²) in [6.45, 7) is 2.71. The number of hydrogen-bond acceptors (Lipinski definition) is 3. The Morgan fingerprint density at radius 3 is 2.30 bits per heavy atom. The zero-order valence-electron chi connectivity index (χ0n) is 18.2. The normalized spacial score (nSPS) is 11.9. The molecule has 4 nitrogen and oxygen atoms in total. The smallest absolute Gasteiger partial charge is 0.251 e. The summed E-state index contributed by atoms with van der Waals surface area (Å²) < 4.78 is 5.22. The Labute approximate surface area is 179 Å². The van der Waals surface area contributed by atoms with E-state index >= 15 is 0 Å². The first-order valence-corrected chi connectivity index (χ1v) is 10.2. The van der Waals surface area contributed by atoms with E-state index in [1.54, 1.807) is 7.11 Å². The van der Waals surface area contributed by atoms with E-state index in [1.165, 1.54) is 11.1 Å². The first kappa shape index (κ1) is 21.6.